The number of benzene rings is 1. The predicted octanol–water partition coefficient (Wildman–Crippen LogP) is 4.00. The summed E-state index contributed by atoms with van der Waals surface area (Å²) >= 11 is 7.47. The van der Waals surface area contributed by atoms with E-state index in [1.54, 1.807) is 29.5 Å². The first-order valence-electron chi connectivity index (χ1n) is 8.67. The number of hydrogen-bond acceptors (Lipinski definition) is 5. The van der Waals surface area contributed by atoms with Crippen LogP contribution in [0.1, 0.15) is 36.3 Å². The number of carbonyl (C=O) groups is 1. The SMILES string of the molecule is O=C(CCn1c(=O)oc2cc(Cl)ccc21)Nc1nc2c(s1)CCCCC2. The molecule has 1 aliphatic rings. The molecule has 3 aromatic rings. The fourth-order valence-corrected chi connectivity index (χ4v) is 4.46. The molecule has 0 bridgehead atoms. The lowest BCUT2D eigenvalue weighted by Crippen LogP contribution is -2.19. The third-order valence-electron chi connectivity index (χ3n) is 4.53. The van der Waals surface area contributed by atoms with Gasteiger partial charge < -0.3 is 9.73 Å². The number of nitrogens with one attached hydrogen (secondary N) is 1. The van der Waals surface area contributed by atoms with E-state index < -0.39 is 5.76 Å². The van der Waals surface area contributed by atoms with Crippen LogP contribution >= 0.6 is 22.9 Å². The molecule has 26 heavy (non-hydrogen) atoms. The summed E-state index contributed by atoms with van der Waals surface area (Å²) in [6.07, 6.45) is 5.78. The molecule has 0 spiro atoms. The van der Waals surface area contributed by atoms with E-state index in [2.05, 4.69) is 10.3 Å². The van der Waals surface area contributed by atoms with Gasteiger partial charge in [-0.05, 0) is 37.8 Å². The number of hydrogen-bond donors (Lipinski definition) is 1. The van der Waals surface area contributed by atoms with Crippen LogP contribution in [0.5, 0.6) is 0 Å². The quantitative estimate of drug-likeness (QED) is 0.682. The van der Waals surface area contributed by atoms with Crippen LogP contribution in [0.4, 0.5) is 5.13 Å². The first-order chi connectivity index (χ1) is 12.6. The Morgan fingerprint density at radius 1 is 1.31 bits per heavy atom. The molecule has 2 heterocycles. The zero-order chi connectivity index (χ0) is 18.1. The number of oxazole rings is 1. The van der Waals surface area contributed by atoms with E-state index in [0.717, 1.165) is 25.0 Å². The molecule has 8 heteroatoms. The van der Waals surface area contributed by atoms with E-state index in [4.69, 9.17) is 16.0 Å². The highest BCUT2D eigenvalue weighted by Gasteiger charge is 2.16. The summed E-state index contributed by atoms with van der Waals surface area (Å²) in [6, 6.07) is 5.01. The van der Waals surface area contributed by atoms with Crippen molar-refractivity contribution in [1.82, 2.24) is 9.55 Å². The zero-order valence-electron chi connectivity index (χ0n) is 14.1. The number of amides is 1. The number of thiazole rings is 1. The summed E-state index contributed by atoms with van der Waals surface area (Å²) in [5.74, 6) is -0.653. The van der Waals surface area contributed by atoms with Crippen LogP contribution in [-0.2, 0) is 24.2 Å². The highest BCUT2D eigenvalue weighted by Crippen LogP contribution is 2.29. The maximum atomic E-state index is 12.3. The van der Waals surface area contributed by atoms with E-state index in [1.165, 1.54) is 22.3 Å². The van der Waals surface area contributed by atoms with Gasteiger partial charge in [-0.1, -0.05) is 18.0 Å². The van der Waals surface area contributed by atoms with Crippen LogP contribution in [0.2, 0.25) is 5.02 Å². The van der Waals surface area contributed by atoms with Crippen molar-refractivity contribution in [2.45, 2.75) is 45.1 Å². The minimum atomic E-state index is -0.490. The Morgan fingerprint density at radius 3 is 3.04 bits per heavy atom. The molecular formula is C18H18ClN3O3S. The second kappa shape index (κ2) is 7.25. The molecule has 1 aromatic carbocycles. The summed E-state index contributed by atoms with van der Waals surface area (Å²) in [7, 11) is 0. The Bertz CT molecular complexity index is 997. The van der Waals surface area contributed by atoms with Crippen LogP contribution < -0.4 is 11.1 Å². The Labute approximate surface area is 158 Å². The number of aryl methyl sites for hydroxylation is 3. The number of aromatic nitrogens is 2. The van der Waals surface area contributed by atoms with Gasteiger partial charge in [-0.15, -0.1) is 11.3 Å². The minimum absolute atomic E-state index is 0.163. The van der Waals surface area contributed by atoms with Crippen molar-refractivity contribution in [1.29, 1.82) is 0 Å². The van der Waals surface area contributed by atoms with Gasteiger partial charge in [0, 0.05) is 28.9 Å². The molecule has 0 atom stereocenters. The maximum Gasteiger partial charge on any atom is 0.419 e. The predicted molar refractivity (Wildman–Crippen MR) is 102 cm³/mol. The number of fused-ring (bicyclic) bond motifs is 2. The molecule has 0 saturated carbocycles. The summed E-state index contributed by atoms with van der Waals surface area (Å²) in [5, 5.41) is 4.01. The monoisotopic (exact) mass is 391 g/mol. The van der Waals surface area contributed by atoms with Crippen LogP contribution in [0, 0.1) is 0 Å². The molecule has 0 aliphatic heterocycles. The van der Waals surface area contributed by atoms with Gasteiger partial charge in [0.15, 0.2) is 10.7 Å². The smallest absolute Gasteiger partial charge is 0.408 e. The average molecular weight is 392 g/mol. The molecule has 6 nitrogen and oxygen atoms in total. The van der Waals surface area contributed by atoms with Crippen molar-refractivity contribution in [2.24, 2.45) is 0 Å². The van der Waals surface area contributed by atoms with Gasteiger partial charge in [0.2, 0.25) is 5.91 Å². The molecule has 0 saturated heterocycles. The summed E-state index contributed by atoms with van der Waals surface area (Å²) < 4.78 is 6.63. The number of nitrogens with zero attached hydrogens (tertiary/aromatic N) is 2. The van der Waals surface area contributed by atoms with E-state index in [-0.39, 0.29) is 18.9 Å². The molecule has 0 radical (unpaired) electrons. The van der Waals surface area contributed by atoms with Crippen LogP contribution in [0.3, 0.4) is 0 Å². The van der Waals surface area contributed by atoms with Crippen molar-refractivity contribution >= 4 is 45.1 Å². The van der Waals surface area contributed by atoms with Crippen molar-refractivity contribution in [3.05, 3.63) is 44.3 Å². The van der Waals surface area contributed by atoms with E-state index in [9.17, 15) is 9.59 Å². The lowest BCUT2D eigenvalue weighted by molar-refractivity contribution is -0.116. The Kier molecular flexibility index (Phi) is 4.82. The van der Waals surface area contributed by atoms with Gasteiger partial charge in [0.25, 0.3) is 0 Å². The van der Waals surface area contributed by atoms with Crippen LogP contribution in [-0.4, -0.2) is 15.5 Å². The van der Waals surface area contributed by atoms with Gasteiger partial charge >= 0.3 is 5.76 Å². The number of carbonyl (C=O) groups excluding carboxylic acids is 1. The fraction of sp³-hybridized carbons (Fsp3) is 0.389. The summed E-state index contributed by atoms with van der Waals surface area (Å²) in [4.78, 5) is 30.1. The molecule has 4 rings (SSSR count). The van der Waals surface area contributed by atoms with E-state index >= 15 is 0 Å². The second-order valence-electron chi connectivity index (χ2n) is 6.38. The molecule has 1 amide bonds. The van der Waals surface area contributed by atoms with Gasteiger partial charge in [-0.2, -0.15) is 0 Å². The Hall–Kier alpha value is -2.12. The minimum Gasteiger partial charge on any atom is -0.408 e. The van der Waals surface area contributed by atoms with Crippen LogP contribution in [0.15, 0.2) is 27.4 Å². The van der Waals surface area contributed by atoms with Crippen molar-refractivity contribution in [3.63, 3.8) is 0 Å². The molecule has 1 aliphatic carbocycles. The maximum absolute atomic E-state index is 12.3. The largest absolute Gasteiger partial charge is 0.419 e. The normalized spacial score (nSPS) is 14.2. The first-order valence-corrected chi connectivity index (χ1v) is 9.87. The molecule has 2 aromatic heterocycles. The molecular weight excluding hydrogens is 374 g/mol. The Morgan fingerprint density at radius 2 is 2.15 bits per heavy atom. The average Bonchev–Trinajstić information content (AvgIpc) is 3.04. The summed E-state index contributed by atoms with van der Waals surface area (Å²) in [5.41, 5.74) is 2.18. The topological polar surface area (TPSA) is 77.1 Å². The van der Waals surface area contributed by atoms with Gasteiger partial charge in [-0.25, -0.2) is 9.78 Å². The standard InChI is InChI=1S/C18H18ClN3O3S/c19-11-6-7-13-14(10-11)25-18(24)22(13)9-8-16(23)21-17-20-12-4-2-1-3-5-15(12)26-17/h6-7,10H,1-5,8-9H2,(H,20,21,23). The number of anilines is 1. The second-order valence-corrected chi connectivity index (χ2v) is 7.90. The highest BCUT2D eigenvalue weighted by molar-refractivity contribution is 7.15. The fourth-order valence-electron chi connectivity index (χ4n) is 3.23. The summed E-state index contributed by atoms with van der Waals surface area (Å²) in [6.45, 7) is 0.240. The number of rotatable bonds is 4. The van der Waals surface area contributed by atoms with Crippen molar-refractivity contribution < 1.29 is 9.21 Å². The third kappa shape index (κ3) is 3.54. The Balaban J connectivity index is 1.43. The molecule has 0 unspecified atom stereocenters. The number of halogens is 1. The van der Waals surface area contributed by atoms with E-state index in [1.807, 2.05) is 0 Å². The van der Waals surface area contributed by atoms with Crippen molar-refractivity contribution in [3.8, 4) is 0 Å². The van der Waals surface area contributed by atoms with Gasteiger partial charge in [0.05, 0.1) is 11.2 Å². The lowest BCUT2D eigenvalue weighted by Gasteiger charge is -2.03. The van der Waals surface area contributed by atoms with Gasteiger partial charge in [0.1, 0.15) is 0 Å². The lowest BCUT2D eigenvalue weighted by atomic mass is 10.2. The highest BCUT2D eigenvalue weighted by atomic mass is 35.5. The molecule has 1 N–H and O–H groups in total. The zero-order valence-corrected chi connectivity index (χ0v) is 15.7. The van der Waals surface area contributed by atoms with Crippen molar-refractivity contribution in [2.75, 3.05) is 5.32 Å². The molecule has 0 fully saturated rings. The van der Waals surface area contributed by atoms with Crippen LogP contribution in [0.25, 0.3) is 11.1 Å². The third-order valence-corrected chi connectivity index (χ3v) is 5.84. The van der Waals surface area contributed by atoms with E-state index in [0.29, 0.717) is 21.3 Å². The van der Waals surface area contributed by atoms with Gasteiger partial charge in [-0.3, -0.25) is 9.36 Å². The molecule has 136 valence electrons. The first kappa shape index (κ1) is 17.3.